The summed E-state index contributed by atoms with van der Waals surface area (Å²) in [6.45, 7) is 0. The van der Waals surface area contributed by atoms with Gasteiger partial charge in [0.1, 0.15) is 0 Å². The summed E-state index contributed by atoms with van der Waals surface area (Å²) in [5, 5.41) is 0. The Morgan fingerprint density at radius 1 is 1.33 bits per heavy atom. The number of methoxy groups -OCH3 is 1. The molecule has 0 unspecified atom stereocenters. The number of halogens is 1. The Balaban J connectivity index is 2.39. The van der Waals surface area contributed by atoms with Gasteiger partial charge in [-0.1, -0.05) is 0 Å². The molecule has 0 N–H and O–H groups in total. The van der Waals surface area contributed by atoms with Gasteiger partial charge in [-0.25, -0.2) is 8.42 Å². The Hall–Kier alpha value is -0.290. The average molecular weight is 255 g/mol. The van der Waals surface area contributed by atoms with Crippen molar-refractivity contribution in [3.63, 3.8) is 0 Å². The Morgan fingerprint density at radius 2 is 1.87 bits per heavy atom. The van der Waals surface area contributed by atoms with E-state index in [0.29, 0.717) is 12.8 Å². The van der Waals surface area contributed by atoms with E-state index in [0.717, 1.165) is 12.8 Å². The third-order valence-corrected chi connectivity index (χ3v) is 4.06. The van der Waals surface area contributed by atoms with Gasteiger partial charge in [-0.05, 0) is 31.6 Å². The van der Waals surface area contributed by atoms with Gasteiger partial charge >= 0.3 is 5.97 Å². The molecule has 0 spiro atoms. The molecule has 0 heterocycles. The van der Waals surface area contributed by atoms with E-state index in [4.69, 9.17) is 10.7 Å². The summed E-state index contributed by atoms with van der Waals surface area (Å²) < 4.78 is 26.3. The minimum Gasteiger partial charge on any atom is -0.469 e. The summed E-state index contributed by atoms with van der Waals surface area (Å²) in [6, 6.07) is 0. The molecule has 1 fully saturated rings. The maximum Gasteiger partial charge on any atom is 0.308 e. The summed E-state index contributed by atoms with van der Waals surface area (Å²) in [7, 11) is 3.13. The molecule has 15 heavy (non-hydrogen) atoms. The van der Waals surface area contributed by atoms with Crippen molar-refractivity contribution in [1.82, 2.24) is 0 Å². The predicted molar refractivity (Wildman–Crippen MR) is 57.1 cm³/mol. The number of carbonyl (C=O) groups excluding carboxylic acids is 1. The van der Waals surface area contributed by atoms with E-state index in [1.807, 2.05) is 0 Å². The summed E-state index contributed by atoms with van der Waals surface area (Å²) in [5.74, 6) is -0.150. The van der Waals surface area contributed by atoms with Crippen LogP contribution in [0.5, 0.6) is 0 Å². The zero-order chi connectivity index (χ0) is 11.5. The van der Waals surface area contributed by atoms with Crippen molar-refractivity contribution in [1.29, 1.82) is 0 Å². The smallest absolute Gasteiger partial charge is 0.308 e. The molecule has 0 atom stereocenters. The molecule has 0 saturated heterocycles. The summed E-state index contributed by atoms with van der Waals surface area (Å²) in [4.78, 5) is 11.2. The lowest BCUT2D eigenvalue weighted by Gasteiger charge is -2.25. The standard InChI is InChI=1S/C9H15ClO4S/c1-14-9(11)8-4-2-7(3-5-8)6-15(10,12)13/h7-8H,2-6H2,1H3/t7-,8-. The molecule has 0 aromatic heterocycles. The quantitative estimate of drug-likeness (QED) is 0.566. The van der Waals surface area contributed by atoms with Crippen molar-refractivity contribution in [3.05, 3.63) is 0 Å². The second-order valence-corrected chi connectivity index (χ2v) is 6.77. The lowest BCUT2D eigenvalue weighted by Crippen LogP contribution is -2.25. The van der Waals surface area contributed by atoms with Gasteiger partial charge in [-0.3, -0.25) is 4.79 Å². The zero-order valence-electron chi connectivity index (χ0n) is 8.61. The van der Waals surface area contributed by atoms with Crippen LogP contribution in [0.3, 0.4) is 0 Å². The number of ether oxygens (including phenoxy) is 1. The topological polar surface area (TPSA) is 60.4 Å². The fourth-order valence-electron chi connectivity index (χ4n) is 2.01. The lowest BCUT2D eigenvalue weighted by molar-refractivity contribution is -0.146. The first kappa shape index (κ1) is 12.8. The van der Waals surface area contributed by atoms with Gasteiger partial charge in [-0.2, -0.15) is 0 Å². The number of rotatable bonds is 3. The van der Waals surface area contributed by atoms with Crippen molar-refractivity contribution in [3.8, 4) is 0 Å². The number of hydrogen-bond donors (Lipinski definition) is 0. The minimum absolute atomic E-state index is 0.0163. The molecule has 0 aromatic rings. The highest BCUT2D eigenvalue weighted by Gasteiger charge is 2.28. The second kappa shape index (κ2) is 5.16. The number of hydrogen-bond acceptors (Lipinski definition) is 4. The molecule has 0 aliphatic heterocycles. The molecule has 1 saturated carbocycles. The highest BCUT2D eigenvalue weighted by Crippen LogP contribution is 2.30. The molecule has 0 radical (unpaired) electrons. The van der Waals surface area contributed by atoms with Gasteiger partial charge in [-0.15, -0.1) is 0 Å². The van der Waals surface area contributed by atoms with Crippen LogP contribution in [0.25, 0.3) is 0 Å². The maximum atomic E-state index is 11.2. The molecule has 88 valence electrons. The van der Waals surface area contributed by atoms with E-state index in [1.165, 1.54) is 7.11 Å². The van der Waals surface area contributed by atoms with Crippen molar-refractivity contribution in [2.75, 3.05) is 12.9 Å². The van der Waals surface area contributed by atoms with Crippen LogP contribution in [0.2, 0.25) is 0 Å². The molecule has 1 aliphatic carbocycles. The average Bonchev–Trinajstić information content (AvgIpc) is 2.15. The van der Waals surface area contributed by atoms with Crippen molar-refractivity contribution >= 4 is 25.7 Å². The van der Waals surface area contributed by atoms with Gasteiger partial charge in [0.25, 0.3) is 0 Å². The van der Waals surface area contributed by atoms with Crippen molar-refractivity contribution < 1.29 is 17.9 Å². The van der Waals surface area contributed by atoms with Crippen LogP contribution in [0, 0.1) is 11.8 Å². The van der Waals surface area contributed by atoms with Gasteiger partial charge in [0.05, 0.1) is 18.8 Å². The van der Waals surface area contributed by atoms with Gasteiger partial charge in [0.2, 0.25) is 9.05 Å². The third kappa shape index (κ3) is 4.38. The van der Waals surface area contributed by atoms with E-state index in [2.05, 4.69) is 4.74 Å². The van der Waals surface area contributed by atoms with Crippen LogP contribution >= 0.6 is 10.7 Å². The summed E-state index contributed by atoms with van der Waals surface area (Å²) in [5.41, 5.74) is 0. The molecular weight excluding hydrogens is 240 g/mol. The van der Waals surface area contributed by atoms with Crippen molar-refractivity contribution in [2.45, 2.75) is 25.7 Å². The van der Waals surface area contributed by atoms with Gasteiger partial charge in [0, 0.05) is 10.7 Å². The second-order valence-electron chi connectivity index (χ2n) is 3.95. The SMILES string of the molecule is COC(=O)[C@H]1CC[C@H](CS(=O)(=O)Cl)CC1. The molecule has 6 heteroatoms. The summed E-state index contributed by atoms with van der Waals surface area (Å²) >= 11 is 0. The van der Waals surface area contributed by atoms with Crippen LogP contribution in [0.1, 0.15) is 25.7 Å². The van der Waals surface area contributed by atoms with Crippen LogP contribution in [-0.2, 0) is 18.6 Å². The summed E-state index contributed by atoms with van der Waals surface area (Å²) in [6.07, 6.45) is 2.85. The monoisotopic (exact) mass is 254 g/mol. The Bertz CT molecular complexity index is 317. The van der Waals surface area contributed by atoms with Gasteiger partial charge < -0.3 is 4.74 Å². The molecular formula is C9H15ClO4S. The Labute approximate surface area is 94.4 Å². The van der Waals surface area contributed by atoms with E-state index in [-0.39, 0.29) is 23.6 Å². The molecule has 1 rings (SSSR count). The van der Waals surface area contributed by atoms with Gasteiger partial charge in [0.15, 0.2) is 0 Å². The maximum absolute atomic E-state index is 11.2. The van der Waals surface area contributed by atoms with Crippen LogP contribution in [0.15, 0.2) is 0 Å². The van der Waals surface area contributed by atoms with Crippen LogP contribution < -0.4 is 0 Å². The Morgan fingerprint density at radius 3 is 2.27 bits per heavy atom. The van der Waals surface area contributed by atoms with Crippen molar-refractivity contribution in [2.24, 2.45) is 11.8 Å². The first-order chi connectivity index (χ1) is 6.92. The number of carbonyl (C=O) groups is 1. The predicted octanol–water partition coefficient (Wildman–Crippen LogP) is 1.53. The highest BCUT2D eigenvalue weighted by molar-refractivity contribution is 8.13. The third-order valence-electron chi connectivity index (χ3n) is 2.82. The Kier molecular flexibility index (Phi) is 4.40. The van der Waals surface area contributed by atoms with E-state index >= 15 is 0 Å². The molecule has 0 amide bonds. The molecule has 0 bridgehead atoms. The molecule has 0 aromatic carbocycles. The first-order valence-corrected chi connectivity index (χ1v) is 7.40. The fourth-order valence-corrected chi connectivity index (χ4v) is 3.44. The van der Waals surface area contributed by atoms with Crippen LogP contribution in [0.4, 0.5) is 0 Å². The normalized spacial score (nSPS) is 27.3. The minimum atomic E-state index is -3.41. The van der Waals surface area contributed by atoms with Crippen LogP contribution in [-0.4, -0.2) is 27.2 Å². The highest BCUT2D eigenvalue weighted by atomic mass is 35.7. The first-order valence-electron chi connectivity index (χ1n) is 4.92. The largest absolute Gasteiger partial charge is 0.469 e. The van der Waals surface area contributed by atoms with E-state index < -0.39 is 9.05 Å². The zero-order valence-corrected chi connectivity index (χ0v) is 10.2. The molecule has 1 aliphatic rings. The van der Waals surface area contributed by atoms with E-state index in [1.54, 1.807) is 0 Å². The molecule has 4 nitrogen and oxygen atoms in total. The van der Waals surface area contributed by atoms with E-state index in [9.17, 15) is 13.2 Å². The number of esters is 1. The fraction of sp³-hybridized carbons (Fsp3) is 0.889. The lowest BCUT2D eigenvalue weighted by atomic mass is 9.83.